The van der Waals surface area contributed by atoms with Crippen LogP contribution in [0.25, 0.3) is 0 Å². The molecule has 0 bridgehead atoms. The molecule has 0 spiro atoms. The molecular weight excluding hydrogens is 258 g/mol. The molecule has 2 aromatic rings. The van der Waals surface area contributed by atoms with Gasteiger partial charge in [0.05, 0.1) is 5.01 Å². The second-order valence-corrected chi connectivity index (χ2v) is 4.82. The summed E-state index contributed by atoms with van der Waals surface area (Å²) in [4.78, 5) is 12.2. The van der Waals surface area contributed by atoms with E-state index in [1.54, 1.807) is 17.4 Å². The number of thiazole rings is 1. The predicted octanol–water partition coefficient (Wildman–Crippen LogP) is 2.13. The van der Waals surface area contributed by atoms with Gasteiger partial charge >= 0.3 is 0 Å². The summed E-state index contributed by atoms with van der Waals surface area (Å²) in [6.45, 7) is 2.72. The third kappa shape index (κ3) is 3.54. The van der Waals surface area contributed by atoms with Gasteiger partial charge in [-0.05, 0) is 6.92 Å². The van der Waals surface area contributed by atoms with Crippen molar-refractivity contribution in [2.24, 2.45) is 0 Å². The first-order chi connectivity index (χ1) is 8.13. The van der Waals surface area contributed by atoms with Gasteiger partial charge in [0.1, 0.15) is 11.0 Å². The number of aromatic nitrogens is 3. The monoisotopic (exact) mass is 269 g/mol. The van der Waals surface area contributed by atoms with Gasteiger partial charge in [-0.15, -0.1) is 11.3 Å². The largest absolute Gasteiger partial charge is 0.369 e. The van der Waals surface area contributed by atoms with Crippen molar-refractivity contribution in [3.63, 3.8) is 0 Å². The molecule has 0 unspecified atom stereocenters. The quantitative estimate of drug-likeness (QED) is 0.832. The molecule has 7 heteroatoms. The Balaban J connectivity index is 1.89. The minimum atomic E-state index is 0.171. The highest BCUT2D eigenvalue weighted by Crippen LogP contribution is 2.13. The highest BCUT2D eigenvalue weighted by molar-refractivity contribution is 7.09. The van der Waals surface area contributed by atoms with Gasteiger partial charge in [-0.2, -0.15) is 4.98 Å². The van der Waals surface area contributed by atoms with Crippen LogP contribution in [-0.2, 0) is 6.42 Å². The molecule has 5 nitrogen and oxygen atoms in total. The van der Waals surface area contributed by atoms with Crippen LogP contribution in [0.15, 0.2) is 11.4 Å². The Morgan fingerprint density at radius 3 is 2.88 bits per heavy atom. The van der Waals surface area contributed by atoms with Crippen LogP contribution in [0.3, 0.4) is 0 Å². The number of hydrogen-bond donors (Lipinski definition) is 2. The first-order valence-corrected chi connectivity index (χ1v) is 6.34. The molecule has 0 radical (unpaired) electrons. The Kier molecular flexibility index (Phi) is 3.75. The summed E-state index contributed by atoms with van der Waals surface area (Å²) < 4.78 is 0. The van der Waals surface area contributed by atoms with Gasteiger partial charge in [-0.25, -0.2) is 9.97 Å². The van der Waals surface area contributed by atoms with Crippen molar-refractivity contribution in [2.75, 3.05) is 17.6 Å². The number of nitrogens with two attached hydrogens (primary N) is 1. The molecule has 0 aromatic carbocycles. The molecule has 90 valence electrons. The van der Waals surface area contributed by atoms with Crippen molar-refractivity contribution in [3.05, 3.63) is 27.3 Å². The Morgan fingerprint density at radius 2 is 2.24 bits per heavy atom. The third-order valence-electron chi connectivity index (χ3n) is 2.02. The molecule has 0 aliphatic heterocycles. The van der Waals surface area contributed by atoms with E-state index in [4.69, 9.17) is 17.3 Å². The lowest BCUT2D eigenvalue weighted by molar-refractivity contribution is 0.975. The molecule has 0 saturated carbocycles. The van der Waals surface area contributed by atoms with E-state index >= 15 is 0 Å². The molecule has 3 N–H and O–H groups in total. The summed E-state index contributed by atoms with van der Waals surface area (Å²) in [6.07, 6.45) is 0.847. The van der Waals surface area contributed by atoms with Crippen molar-refractivity contribution in [3.8, 4) is 0 Å². The second kappa shape index (κ2) is 5.29. The number of hydrogen-bond acceptors (Lipinski definition) is 6. The minimum absolute atomic E-state index is 0.171. The molecule has 0 aliphatic carbocycles. The number of nitrogens with one attached hydrogen (secondary N) is 1. The van der Waals surface area contributed by atoms with E-state index in [2.05, 4.69) is 20.3 Å². The van der Waals surface area contributed by atoms with Gasteiger partial charge in [-0.3, -0.25) is 0 Å². The van der Waals surface area contributed by atoms with Gasteiger partial charge in [0.25, 0.3) is 0 Å². The predicted molar refractivity (Wildman–Crippen MR) is 70.5 cm³/mol. The number of nitrogen functional groups attached to an aromatic ring is 1. The van der Waals surface area contributed by atoms with Crippen LogP contribution < -0.4 is 11.1 Å². The van der Waals surface area contributed by atoms with Crippen molar-refractivity contribution >= 4 is 34.7 Å². The zero-order valence-corrected chi connectivity index (χ0v) is 10.8. The molecule has 0 atom stereocenters. The number of anilines is 2. The Bertz CT molecular complexity index is 493. The van der Waals surface area contributed by atoms with Crippen LogP contribution in [0.1, 0.15) is 10.7 Å². The molecule has 2 rings (SSSR count). The van der Waals surface area contributed by atoms with Crippen LogP contribution in [0.4, 0.5) is 11.8 Å². The van der Waals surface area contributed by atoms with Gasteiger partial charge in [0.2, 0.25) is 5.95 Å². The SMILES string of the molecule is Cc1csc(CCNc2cc(Cl)nc(N)n2)n1. The summed E-state index contributed by atoms with van der Waals surface area (Å²) in [6, 6.07) is 1.64. The molecule has 2 heterocycles. The number of nitrogens with zero attached hydrogens (tertiary/aromatic N) is 3. The lowest BCUT2D eigenvalue weighted by Crippen LogP contribution is -2.08. The normalized spacial score (nSPS) is 10.5. The van der Waals surface area contributed by atoms with Gasteiger partial charge in [0.15, 0.2) is 0 Å². The summed E-state index contributed by atoms with van der Waals surface area (Å²) >= 11 is 7.42. The van der Waals surface area contributed by atoms with Crippen LogP contribution in [0, 0.1) is 6.92 Å². The molecule has 17 heavy (non-hydrogen) atoms. The molecule has 2 aromatic heterocycles. The van der Waals surface area contributed by atoms with Crippen molar-refractivity contribution in [2.45, 2.75) is 13.3 Å². The summed E-state index contributed by atoms with van der Waals surface area (Å²) in [5.74, 6) is 0.806. The third-order valence-corrected chi connectivity index (χ3v) is 3.24. The number of rotatable bonds is 4. The highest BCUT2D eigenvalue weighted by Gasteiger charge is 2.01. The van der Waals surface area contributed by atoms with E-state index in [9.17, 15) is 0 Å². The van der Waals surface area contributed by atoms with E-state index in [1.165, 1.54) is 0 Å². The van der Waals surface area contributed by atoms with Crippen LogP contribution in [0.5, 0.6) is 0 Å². The Morgan fingerprint density at radius 1 is 1.41 bits per heavy atom. The smallest absolute Gasteiger partial charge is 0.223 e. The summed E-state index contributed by atoms with van der Waals surface area (Å²) in [7, 11) is 0. The molecular formula is C10H12ClN5S. The fourth-order valence-corrected chi connectivity index (χ4v) is 2.31. The van der Waals surface area contributed by atoms with Gasteiger partial charge in [0, 0.05) is 30.1 Å². The first-order valence-electron chi connectivity index (χ1n) is 5.08. The maximum Gasteiger partial charge on any atom is 0.223 e. The maximum atomic E-state index is 5.77. The van der Waals surface area contributed by atoms with E-state index in [1.807, 2.05) is 12.3 Å². The average Bonchev–Trinajstić information content (AvgIpc) is 2.63. The Labute approximate surface area is 108 Å². The van der Waals surface area contributed by atoms with Crippen molar-refractivity contribution < 1.29 is 0 Å². The summed E-state index contributed by atoms with van der Waals surface area (Å²) in [5, 5.41) is 6.61. The van der Waals surface area contributed by atoms with E-state index < -0.39 is 0 Å². The van der Waals surface area contributed by atoms with Gasteiger partial charge < -0.3 is 11.1 Å². The number of aryl methyl sites for hydroxylation is 1. The van der Waals surface area contributed by atoms with Crippen LogP contribution in [-0.4, -0.2) is 21.5 Å². The molecule has 0 fully saturated rings. The lowest BCUT2D eigenvalue weighted by atomic mass is 10.4. The first kappa shape index (κ1) is 12.1. The maximum absolute atomic E-state index is 5.77. The number of halogens is 1. The summed E-state index contributed by atoms with van der Waals surface area (Å²) in [5.41, 5.74) is 6.54. The van der Waals surface area contributed by atoms with E-state index in [-0.39, 0.29) is 5.95 Å². The van der Waals surface area contributed by atoms with E-state index in [0.29, 0.717) is 11.0 Å². The molecule has 0 saturated heterocycles. The second-order valence-electron chi connectivity index (χ2n) is 3.49. The molecule has 0 aliphatic rings. The zero-order valence-electron chi connectivity index (χ0n) is 9.27. The zero-order chi connectivity index (χ0) is 12.3. The highest BCUT2D eigenvalue weighted by atomic mass is 35.5. The average molecular weight is 270 g/mol. The van der Waals surface area contributed by atoms with E-state index in [0.717, 1.165) is 23.7 Å². The Hall–Kier alpha value is -1.40. The van der Waals surface area contributed by atoms with Crippen molar-refractivity contribution in [1.82, 2.24) is 15.0 Å². The lowest BCUT2D eigenvalue weighted by Gasteiger charge is -2.04. The minimum Gasteiger partial charge on any atom is -0.369 e. The standard InChI is InChI=1S/C10H12ClN5S/c1-6-5-17-9(14-6)2-3-13-8-4-7(11)15-10(12)16-8/h4-5H,2-3H2,1H3,(H3,12,13,15,16). The fourth-order valence-electron chi connectivity index (χ4n) is 1.34. The van der Waals surface area contributed by atoms with Crippen LogP contribution in [0.2, 0.25) is 5.15 Å². The van der Waals surface area contributed by atoms with Crippen molar-refractivity contribution in [1.29, 1.82) is 0 Å². The van der Waals surface area contributed by atoms with Crippen LogP contribution >= 0.6 is 22.9 Å². The topological polar surface area (TPSA) is 76.7 Å². The molecule has 0 amide bonds. The van der Waals surface area contributed by atoms with Gasteiger partial charge in [-0.1, -0.05) is 11.6 Å². The fraction of sp³-hybridized carbons (Fsp3) is 0.300.